The van der Waals surface area contributed by atoms with Gasteiger partial charge in [-0.05, 0) is 30.3 Å². The molecule has 0 atom stereocenters. The van der Waals surface area contributed by atoms with Gasteiger partial charge in [0, 0.05) is 11.0 Å². The quantitative estimate of drug-likeness (QED) is 0.864. The first-order valence-electron chi connectivity index (χ1n) is 4.97. The Morgan fingerprint density at radius 3 is 3.00 bits per heavy atom. The first-order chi connectivity index (χ1) is 8.24. The zero-order valence-corrected chi connectivity index (χ0v) is 10.4. The van der Waals surface area contributed by atoms with Crippen LogP contribution >= 0.6 is 22.9 Å². The molecule has 0 bridgehead atoms. The first-order valence-corrected chi connectivity index (χ1v) is 6.17. The van der Waals surface area contributed by atoms with E-state index >= 15 is 0 Å². The molecule has 0 aliphatic carbocycles. The summed E-state index contributed by atoms with van der Waals surface area (Å²) in [6.07, 6.45) is 4.78. The Morgan fingerprint density at radius 2 is 2.35 bits per heavy atom. The van der Waals surface area contributed by atoms with Crippen LogP contribution in [0, 0.1) is 0 Å². The molecule has 17 heavy (non-hydrogen) atoms. The number of halogens is 1. The van der Waals surface area contributed by atoms with Crippen LogP contribution in [0.1, 0.15) is 10.6 Å². The van der Waals surface area contributed by atoms with Gasteiger partial charge in [-0.1, -0.05) is 11.6 Å². The van der Waals surface area contributed by atoms with Gasteiger partial charge >= 0.3 is 0 Å². The van der Waals surface area contributed by atoms with Crippen molar-refractivity contribution in [1.29, 1.82) is 0 Å². The molecule has 2 heterocycles. The Bertz CT molecular complexity index is 516. The largest absolute Gasteiger partial charge is 0.467 e. The van der Waals surface area contributed by atoms with Crippen molar-refractivity contribution in [2.24, 2.45) is 0 Å². The minimum absolute atomic E-state index is 0.161. The number of nitrogens with one attached hydrogen (secondary N) is 1. The zero-order chi connectivity index (χ0) is 12.1. The summed E-state index contributed by atoms with van der Waals surface area (Å²) in [4.78, 5) is 12.4. The average molecular weight is 268 g/mol. The third-order valence-electron chi connectivity index (χ3n) is 2.01. The van der Waals surface area contributed by atoms with E-state index in [1.165, 1.54) is 17.4 Å². The van der Waals surface area contributed by atoms with Crippen LogP contribution < -0.4 is 5.32 Å². The van der Waals surface area contributed by atoms with Gasteiger partial charge < -0.3 is 9.73 Å². The maximum Gasteiger partial charge on any atom is 0.244 e. The third-order valence-corrected chi connectivity index (χ3v) is 3.21. The van der Waals surface area contributed by atoms with Crippen molar-refractivity contribution in [2.45, 2.75) is 6.54 Å². The van der Waals surface area contributed by atoms with Crippen molar-refractivity contribution < 1.29 is 9.21 Å². The molecule has 0 saturated carbocycles. The summed E-state index contributed by atoms with van der Waals surface area (Å²) in [6.45, 7) is 0.390. The molecule has 1 N–H and O–H groups in total. The number of amides is 1. The Hall–Kier alpha value is -1.52. The molecule has 0 aliphatic heterocycles. The normalized spacial score (nSPS) is 10.9. The summed E-state index contributed by atoms with van der Waals surface area (Å²) in [7, 11) is 0. The molecule has 0 aromatic carbocycles. The summed E-state index contributed by atoms with van der Waals surface area (Å²) in [6, 6.07) is 7.25. The van der Waals surface area contributed by atoms with Crippen LogP contribution in [0.4, 0.5) is 0 Å². The molecular formula is C12H10ClNO2S. The lowest BCUT2D eigenvalue weighted by Gasteiger charge is -1.97. The number of carbonyl (C=O) groups excluding carboxylic acids is 1. The number of furan rings is 1. The predicted octanol–water partition coefficient (Wildman–Crippen LogP) is 3.32. The second kappa shape index (κ2) is 5.70. The molecule has 88 valence electrons. The van der Waals surface area contributed by atoms with E-state index < -0.39 is 0 Å². The number of thiophene rings is 1. The van der Waals surface area contributed by atoms with Crippen LogP contribution in [-0.4, -0.2) is 5.91 Å². The van der Waals surface area contributed by atoms with Gasteiger partial charge in [0.15, 0.2) is 0 Å². The second-order valence-electron chi connectivity index (χ2n) is 3.27. The molecule has 0 spiro atoms. The summed E-state index contributed by atoms with van der Waals surface area (Å²) in [5.41, 5.74) is 0. The van der Waals surface area contributed by atoms with E-state index in [9.17, 15) is 4.79 Å². The highest BCUT2D eigenvalue weighted by atomic mass is 35.5. The van der Waals surface area contributed by atoms with Crippen LogP contribution in [0.3, 0.4) is 0 Å². The number of rotatable bonds is 4. The van der Waals surface area contributed by atoms with Crippen LogP contribution in [0.25, 0.3) is 6.08 Å². The molecular weight excluding hydrogens is 258 g/mol. The van der Waals surface area contributed by atoms with E-state index in [4.69, 9.17) is 16.0 Å². The minimum Gasteiger partial charge on any atom is -0.467 e. The molecule has 0 saturated heterocycles. The van der Waals surface area contributed by atoms with Gasteiger partial charge in [-0.15, -0.1) is 11.3 Å². The number of hydrogen-bond donors (Lipinski definition) is 1. The van der Waals surface area contributed by atoms with Gasteiger partial charge in [-0.25, -0.2) is 0 Å². The van der Waals surface area contributed by atoms with Crippen LogP contribution in [-0.2, 0) is 11.3 Å². The smallest absolute Gasteiger partial charge is 0.244 e. The molecule has 2 aromatic rings. The molecule has 0 aliphatic rings. The molecule has 2 rings (SSSR count). The highest BCUT2D eigenvalue weighted by Crippen LogP contribution is 2.22. The van der Waals surface area contributed by atoms with Crippen molar-refractivity contribution in [3.63, 3.8) is 0 Å². The molecule has 5 heteroatoms. The second-order valence-corrected chi connectivity index (χ2v) is 5.02. The SMILES string of the molecule is O=C(C=Cc1ccc(Cl)s1)NCc1ccco1. The molecule has 2 aromatic heterocycles. The summed E-state index contributed by atoms with van der Waals surface area (Å²) in [5, 5.41) is 2.71. The first kappa shape index (κ1) is 12.0. The maximum atomic E-state index is 11.5. The Balaban J connectivity index is 1.83. The summed E-state index contributed by atoms with van der Waals surface area (Å²) >= 11 is 7.20. The van der Waals surface area contributed by atoms with Crippen molar-refractivity contribution >= 4 is 34.9 Å². The Kier molecular flexibility index (Phi) is 4.01. The van der Waals surface area contributed by atoms with Gasteiger partial charge in [0.1, 0.15) is 5.76 Å². The van der Waals surface area contributed by atoms with Crippen molar-refractivity contribution in [1.82, 2.24) is 5.32 Å². The highest BCUT2D eigenvalue weighted by Gasteiger charge is 1.99. The summed E-state index contributed by atoms with van der Waals surface area (Å²) in [5.74, 6) is 0.567. The molecule has 0 radical (unpaired) electrons. The van der Waals surface area contributed by atoms with Crippen molar-refractivity contribution in [2.75, 3.05) is 0 Å². The van der Waals surface area contributed by atoms with Gasteiger partial charge in [0.25, 0.3) is 0 Å². The van der Waals surface area contributed by atoms with E-state index in [2.05, 4.69) is 5.32 Å². The zero-order valence-electron chi connectivity index (χ0n) is 8.85. The molecule has 1 amide bonds. The summed E-state index contributed by atoms with van der Waals surface area (Å²) < 4.78 is 5.80. The number of carbonyl (C=O) groups is 1. The fourth-order valence-electron chi connectivity index (χ4n) is 1.22. The average Bonchev–Trinajstić information content (AvgIpc) is 2.95. The molecule has 3 nitrogen and oxygen atoms in total. The van der Waals surface area contributed by atoms with E-state index in [1.54, 1.807) is 24.5 Å². The standard InChI is InChI=1S/C12H10ClNO2S/c13-11-5-3-10(17-11)4-6-12(15)14-8-9-2-1-7-16-9/h1-7H,8H2,(H,14,15). The molecule has 0 fully saturated rings. The lowest BCUT2D eigenvalue weighted by molar-refractivity contribution is -0.116. The van der Waals surface area contributed by atoms with E-state index in [1.807, 2.05) is 12.1 Å². The third kappa shape index (κ3) is 3.76. The van der Waals surface area contributed by atoms with Crippen LogP contribution in [0.5, 0.6) is 0 Å². The Labute approximate surface area is 108 Å². The van der Waals surface area contributed by atoms with Gasteiger partial charge in [-0.3, -0.25) is 4.79 Å². The lowest BCUT2D eigenvalue weighted by atomic mass is 10.4. The fraction of sp³-hybridized carbons (Fsp3) is 0.0833. The Morgan fingerprint density at radius 1 is 1.47 bits per heavy atom. The number of hydrogen-bond acceptors (Lipinski definition) is 3. The fourth-order valence-corrected chi connectivity index (χ4v) is 2.19. The van der Waals surface area contributed by atoms with E-state index in [-0.39, 0.29) is 5.91 Å². The van der Waals surface area contributed by atoms with Gasteiger partial charge in [0.05, 0.1) is 17.1 Å². The highest BCUT2D eigenvalue weighted by molar-refractivity contribution is 7.17. The van der Waals surface area contributed by atoms with E-state index in [0.29, 0.717) is 10.9 Å². The minimum atomic E-state index is -0.161. The maximum absolute atomic E-state index is 11.5. The lowest BCUT2D eigenvalue weighted by Crippen LogP contribution is -2.19. The van der Waals surface area contributed by atoms with Crippen LogP contribution in [0.15, 0.2) is 41.0 Å². The van der Waals surface area contributed by atoms with Crippen molar-refractivity contribution in [3.8, 4) is 0 Å². The molecule has 0 unspecified atom stereocenters. The predicted molar refractivity (Wildman–Crippen MR) is 68.9 cm³/mol. The topological polar surface area (TPSA) is 42.2 Å². The monoisotopic (exact) mass is 267 g/mol. The van der Waals surface area contributed by atoms with Crippen molar-refractivity contribution in [3.05, 3.63) is 51.6 Å². The van der Waals surface area contributed by atoms with Gasteiger partial charge in [0.2, 0.25) is 5.91 Å². The van der Waals surface area contributed by atoms with E-state index in [0.717, 1.165) is 10.6 Å². The van der Waals surface area contributed by atoms with Gasteiger partial charge in [-0.2, -0.15) is 0 Å². The van der Waals surface area contributed by atoms with Crippen LogP contribution in [0.2, 0.25) is 4.34 Å².